The van der Waals surface area contributed by atoms with E-state index in [0.717, 1.165) is 0 Å². The van der Waals surface area contributed by atoms with E-state index < -0.39 is 6.09 Å². The van der Waals surface area contributed by atoms with E-state index >= 15 is 0 Å². The van der Waals surface area contributed by atoms with Crippen LogP contribution in [-0.2, 0) is 21.8 Å². The number of anilines is 2. The van der Waals surface area contributed by atoms with Crippen molar-refractivity contribution in [1.29, 1.82) is 0 Å². The standard InChI is InChI=1S/C15H15ClN2O2.C10H12ClNO2.Cu/c1-17(2)15(19)18(13-6-4-3-5-7-13)20-14-10-8-12(16)9-11-14;1-7(2)14-10(13)12-9-5-3-4-8(11)6-9;/h3-11H,1-2H3;3-7H,1-2H3,(H,12,13);. The Morgan fingerprint density at radius 3 is 2.03 bits per heavy atom. The number of halogens is 2. The molecular formula is C25H27Cl2CuN3O4. The largest absolute Gasteiger partial charge is 0.447 e. The first-order valence-corrected chi connectivity index (χ1v) is 11.1. The van der Waals surface area contributed by atoms with Crippen LogP contribution in [0.2, 0.25) is 10.0 Å². The number of ether oxygens (including phenoxy) is 1. The molecule has 191 valence electrons. The number of amides is 3. The van der Waals surface area contributed by atoms with Gasteiger partial charge in [0.15, 0.2) is 5.75 Å². The molecule has 0 atom stereocenters. The zero-order valence-electron chi connectivity index (χ0n) is 19.7. The predicted molar refractivity (Wildman–Crippen MR) is 137 cm³/mol. The number of hydrogen-bond acceptors (Lipinski definition) is 4. The SMILES string of the molecule is CC(C)OC(=O)Nc1cccc(Cl)c1.CN(C)C(=O)N(Oc1ccc(Cl)cc1)c1ccccc1.[Cu]. The minimum absolute atomic E-state index is 0. The molecule has 10 heteroatoms. The molecule has 0 aliphatic rings. The number of hydrogen-bond donors (Lipinski definition) is 1. The summed E-state index contributed by atoms with van der Waals surface area (Å²) in [6.45, 7) is 3.58. The molecule has 3 aromatic rings. The minimum Gasteiger partial charge on any atom is -0.447 e. The Bertz CT molecular complexity index is 1070. The van der Waals surface area contributed by atoms with E-state index in [1.54, 1.807) is 88.6 Å². The molecule has 3 amide bonds. The predicted octanol–water partition coefficient (Wildman–Crippen LogP) is 7.12. The fourth-order valence-corrected chi connectivity index (χ4v) is 2.79. The molecule has 3 rings (SSSR count). The van der Waals surface area contributed by atoms with Gasteiger partial charge in [-0.15, -0.1) is 5.06 Å². The van der Waals surface area contributed by atoms with E-state index in [2.05, 4.69) is 5.32 Å². The topological polar surface area (TPSA) is 71.1 Å². The van der Waals surface area contributed by atoms with Crippen molar-refractivity contribution in [2.75, 3.05) is 24.5 Å². The summed E-state index contributed by atoms with van der Waals surface area (Å²) in [7, 11) is 3.34. The Morgan fingerprint density at radius 1 is 0.857 bits per heavy atom. The maximum Gasteiger partial charge on any atom is 0.411 e. The first-order chi connectivity index (χ1) is 16.2. The summed E-state index contributed by atoms with van der Waals surface area (Å²) in [6, 6.07) is 22.6. The molecule has 35 heavy (non-hydrogen) atoms. The Morgan fingerprint density at radius 2 is 1.49 bits per heavy atom. The van der Waals surface area contributed by atoms with Crippen LogP contribution in [0.25, 0.3) is 0 Å². The first-order valence-electron chi connectivity index (χ1n) is 10.4. The fourth-order valence-electron chi connectivity index (χ4n) is 2.48. The molecule has 0 aromatic heterocycles. The van der Waals surface area contributed by atoms with Crippen molar-refractivity contribution in [3.8, 4) is 5.75 Å². The van der Waals surface area contributed by atoms with Crippen LogP contribution < -0.4 is 15.2 Å². The second-order valence-corrected chi connectivity index (χ2v) is 8.31. The molecule has 7 nitrogen and oxygen atoms in total. The van der Waals surface area contributed by atoms with Gasteiger partial charge in [-0.3, -0.25) is 5.32 Å². The number of nitrogens with one attached hydrogen (secondary N) is 1. The average Bonchev–Trinajstić information content (AvgIpc) is 2.78. The number of hydroxylamine groups is 1. The van der Waals surface area contributed by atoms with Crippen molar-refractivity contribution >= 4 is 46.7 Å². The molecule has 0 bridgehead atoms. The maximum atomic E-state index is 12.2. The van der Waals surface area contributed by atoms with Crippen molar-refractivity contribution in [2.24, 2.45) is 0 Å². The molecular weight excluding hydrogens is 541 g/mol. The average molecular weight is 568 g/mol. The van der Waals surface area contributed by atoms with Crippen LogP contribution in [0.15, 0.2) is 78.9 Å². The Kier molecular flexibility index (Phi) is 13.1. The van der Waals surface area contributed by atoms with Crippen molar-refractivity contribution in [3.05, 3.63) is 88.9 Å². The molecule has 0 unspecified atom stereocenters. The van der Waals surface area contributed by atoms with E-state index in [1.807, 2.05) is 18.2 Å². The zero-order chi connectivity index (χ0) is 25.1. The van der Waals surface area contributed by atoms with Gasteiger partial charge in [0.05, 0.1) is 11.8 Å². The van der Waals surface area contributed by atoms with E-state index in [9.17, 15) is 9.59 Å². The van der Waals surface area contributed by atoms with Crippen LogP contribution >= 0.6 is 23.2 Å². The quantitative estimate of drug-likeness (QED) is 0.263. The third-order valence-electron chi connectivity index (χ3n) is 3.97. The van der Waals surface area contributed by atoms with Crippen molar-refractivity contribution in [3.63, 3.8) is 0 Å². The van der Waals surface area contributed by atoms with Crippen LogP contribution in [0.4, 0.5) is 21.0 Å². The number of nitrogens with zero attached hydrogens (tertiary/aromatic N) is 2. The van der Waals surface area contributed by atoms with Gasteiger partial charge in [-0.05, 0) is 68.4 Å². The van der Waals surface area contributed by atoms with E-state index in [-0.39, 0.29) is 29.2 Å². The Balaban J connectivity index is 0.000000362. The van der Waals surface area contributed by atoms with Crippen LogP contribution in [0.1, 0.15) is 13.8 Å². The summed E-state index contributed by atoms with van der Waals surface area (Å²) in [6.07, 6.45) is -0.601. The second kappa shape index (κ2) is 15.2. The normalized spacial score (nSPS) is 9.69. The summed E-state index contributed by atoms with van der Waals surface area (Å²) in [4.78, 5) is 30.5. The van der Waals surface area contributed by atoms with E-state index in [4.69, 9.17) is 32.8 Å². The fraction of sp³-hybridized carbons (Fsp3) is 0.200. The molecule has 1 N–H and O–H groups in total. The zero-order valence-corrected chi connectivity index (χ0v) is 22.1. The van der Waals surface area contributed by atoms with E-state index in [1.165, 1.54) is 9.96 Å². The molecule has 3 aromatic carbocycles. The van der Waals surface area contributed by atoms with Crippen LogP contribution in [0.3, 0.4) is 0 Å². The molecule has 0 fully saturated rings. The van der Waals surface area contributed by atoms with Crippen LogP contribution in [-0.4, -0.2) is 37.2 Å². The third-order valence-corrected chi connectivity index (χ3v) is 4.46. The molecule has 0 saturated carbocycles. The number of carbonyl (C=O) groups excluding carboxylic acids is 2. The monoisotopic (exact) mass is 566 g/mol. The van der Waals surface area contributed by atoms with Gasteiger partial charge in [0.1, 0.15) is 0 Å². The van der Waals surface area contributed by atoms with Gasteiger partial charge in [-0.2, -0.15) is 0 Å². The van der Waals surface area contributed by atoms with Crippen molar-refractivity contribution < 1.29 is 36.2 Å². The first kappa shape index (κ1) is 30.1. The van der Waals surface area contributed by atoms with E-state index in [0.29, 0.717) is 27.2 Å². The summed E-state index contributed by atoms with van der Waals surface area (Å²) >= 11 is 11.6. The molecule has 0 spiro atoms. The Hall–Kier alpha value is -2.90. The van der Waals surface area contributed by atoms with Crippen molar-refractivity contribution in [1.82, 2.24) is 4.90 Å². The summed E-state index contributed by atoms with van der Waals surface area (Å²) in [5.74, 6) is 0.536. The summed E-state index contributed by atoms with van der Waals surface area (Å²) in [5.41, 5.74) is 1.28. The van der Waals surface area contributed by atoms with Gasteiger partial charge in [0.25, 0.3) is 0 Å². The number of urea groups is 1. The molecule has 1 radical (unpaired) electrons. The van der Waals surface area contributed by atoms with Gasteiger partial charge in [0.2, 0.25) is 0 Å². The number of benzene rings is 3. The smallest absolute Gasteiger partial charge is 0.411 e. The van der Waals surface area contributed by atoms with Crippen molar-refractivity contribution in [2.45, 2.75) is 20.0 Å². The number of rotatable bonds is 5. The number of para-hydroxylation sites is 1. The molecule has 0 aliphatic heterocycles. The second-order valence-electron chi connectivity index (χ2n) is 7.44. The van der Waals surface area contributed by atoms with Gasteiger partial charge in [-0.25, -0.2) is 9.59 Å². The molecule has 0 heterocycles. The minimum atomic E-state index is -0.470. The molecule has 0 aliphatic carbocycles. The van der Waals surface area contributed by atoms with Gasteiger partial charge >= 0.3 is 12.1 Å². The third kappa shape index (κ3) is 10.9. The van der Waals surface area contributed by atoms with Gasteiger partial charge in [-0.1, -0.05) is 47.5 Å². The number of carbonyl (C=O) groups is 2. The summed E-state index contributed by atoms with van der Waals surface area (Å²) in [5, 5.41) is 5.00. The van der Waals surface area contributed by atoms with Gasteiger partial charge < -0.3 is 14.5 Å². The summed E-state index contributed by atoms with van der Waals surface area (Å²) < 4.78 is 4.90. The maximum absolute atomic E-state index is 12.2. The van der Waals surface area contributed by atoms with Crippen LogP contribution in [0, 0.1) is 0 Å². The molecule has 0 saturated heterocycles. The van der Waals surface area contributed by atoms with Crippen LogP contribution in [0.5, 0.6) is 5.75 Å². The van der Waals surface area contributed by atoms with Gasteiger partial charge in [0, 0.05) is 46.9 Å². The Labute approximate surface area is 226 Å².